The van der Waals surface area contributed by atoms with Crippen molar-refractivity contribution in [3.05, 3.63) is 66.5 Å². The molecular weight excluding hydrogens is 774 g/mol. The van der Waals surface area contributed by atoms with Gasteiger partial charge in [-0.15, -0.1) is 0 Å². The standard InChI is InChI=1S/C41H44FN5O10S/c1-54-24-14-17-33-28(18-24)35-36(57-33)34(20-31(43-35)27-11-8-9-12-29(27)42)56-25-19-32-37(48)45-41(39(50)46-58(52,53)26-15-16-26)21-23(41)10-6-4-3-5-7-13-30(44-40(51)55-2)38(49)47(32)22-25/h6,8-12,14,17-18,20,23,25-26,30,32H,3-5,7,13,15-16,19,21-22H2,1-2H3,(H,44,51)(H,45,48)(H,46,50)/t23-,25-,30+,32+,41-/m1/s1. The molecule has 2 aromatic heterocycles. The maximum Gasteiger partial charge on any atom is 0.407 e. The van der Waals surface area contributed by atoms with E-state index in [0.29, 0.717) is 47.9 Å². The van der Waals surface area contributed by atoms with Gasteiger partial charge in [-0.3, -0.25) is 19.1 Å². The highest BCUT2D eigenvalue weighted by Crippen LogP contribution is 2.46. The summed E-state index contributed by atoms with van der Waals surface area (Å²) >= 11 is 0. The van der Waals surface area contributed by atoms with Gasteiger partial charge in [0.2, 0.25) is 21.8 Å². The molecule has 3 fully saturated rings. The van der Waals surface area contributed by atoms with E-state index in [-0.39, 0.29) is 48.4 Å². The number of allylic oxidation sites excluding steroid dienone is 1. The smallest absolute Gasteiger partial charge is 0.407 e. The van der Waals surface area contributed by atoms with Crippen LogP contribution in [0.2, 0.25) is 0 Å². The summed E-state index contributed by atoms with van der Waals surface area (Å²) in [7, 11) is -1.22. The van der Waals surface area contributed by atoms with Gasteiger partial charge in [0.15, 0.2) is 11.3 Å². The highest BCUT2D eigenvalue weighted by atomic mass is 32.2. The second-order valence-electron chi connectivity index (χ2n) is 15.3. The van der Waals surface area contributed by atoms with Gasteiger partial charge < -0.3 is 34.2 Å². The van der Waals surface area contributed by atoms with E-state index in [0.717, 1.165) is 12.8 Å². The maximum absolute atomic E-state index is 15.2. The van der Waals surface area contributed by atoms with Crippen molar-refractivity contribution >= 4 is 55.9 Å². The number of benzene rings is 2. The minimum atomic E-state index is -3.94. The molecule has 17 heteroatoms. The molecule has 8 rings (SSSR count). The molecule has 4 amide bonds. The topological polar surface area (TPSA) is 195 Å². The van der Waals surface area contributed by atoms with Crippen LogP contribution in [0, 0.1) is 11.7 Å². The molecule has 0 radical (unpaired) electrons. The average Bonchev–Trinajstić information content (AvgIpc) is 4.11. The highest BCUT2D eigenvalue weighted by molar-refractivity contribution is 7.91. The lowest BCUT2D eigenvalue weighted by Gasteiger charge is -2.29. The number of pyridine rings is 1. The van der Waals surface area contributed by atoms with Crippen molar-refractivity contribution in [1.29, 1.82) is 0 Å². The maximum atomic E-state index is 15.2. The molecule has 3 N–H and O–H groups in total. The molecular formula is C41H44FN5O10S. The zero-order valence-electron chi connectivity index (χ0n) is 32.0. The molecule has 2 aromatic carbocycles. The van der Waals surface area contributed by atoms with Gasteiger partial charge >= 0.3 is 6.09 Å². The number of furan rings is 1. The van der Waals surface area contributed by atoms with E-state index in [1.54, 1.807) is 42.5 Å². The number of fused-ring (bicyclic) bond motifs is 5. The summed E-state index contributed by atoms with van der Waals surface area (Å²) in [6, 6.07) is 10.6. The molecule has 0 spiro atoms. The lowest BCUT2D eigenvalue weighted by molar-refractivity contribution is -0.141. The van der Waals surface area contributed by atoms with Crippen molar-refractivity contribution < 1.29 is 50.6 Å². The number of hydrogen-bond donors (Lipinski definition) is 3. The molecule has 0 unspecified atom stereocenters. The summed E-state index contributed by atoms with van der Waals surface area (Å²) in [5.74, 6) is -2.35. The quantitative estimate of drug-likeness (QED) is 0.205. The molecule has 306 valence electrons. The minimum Gasteiger partial charge on any atom is -0.497 e. The molecule has 2 aliphatic heterocycles. The van der Waals surface area contributed by atoms with Crippen LogP contribution in [0.5, 0.6) is 11.5 Å². The van der Waals surface area contributed by atoms with Crippen LogP contribution in [0.1, 0.15) is 57.8 Å². The van der Waals surface area contributed by atoms with Crippen LogP contribution in [-0.2, 0) is 29.1 Å². The zero-order valence-corrected chi connectivity index (χ0v) is 32.8. The summed E-state index contributed by atoms with van der Waals surface area (Å²) < 4.78 is 66.3. The fourth-order valence-corrected chi connectivity index (χ4v) is 9.30. The molecule has 4 aliphatic rings. The van der Waals surface area contributed by atoms with Crippen LogP contribution in [0.15, 0.2) is 65.1 Å². The van der Waals surface area contributed by atoms with Gasteiger partial charge in [0.05, 0.1) is 37.1 Å². The number of sulfonamides is 1. The third-order valence-electron chi connectivity index (χ3n) is 11.4. The first-order valence-corrected chi connectivity index (χ1v) is 21.0. The van der Waals surface area contributed by atoms with Gasteiger partial charge in [-0.05, 0) is 68.9 Å². The Balaban J connectivity index is 1.16. The van der Waals surface area contributed by atoms with Crippen molar-refractivity contribution in [2.24, 2.45) is 5.92 Å². The van der Waals surface area contributed by atoms with Gasteiger partial charge in [0.25, 0.3) is 5.91 Å². The van der Waals surface area contributed by atoms with Gasteiger partial charge in [-0.25, -0.2) is 22.6 Å². The van der Waals surface area contributed by atoms with Gasteiger partial charge in [0, 0.05) is 24.0 Å². The van der Waals surface area contributed by atoms with E-state index in [4.69, 9.17) is 23.6 Å². The molecule has 5 atom stereocenters. The largest absolute Gasteiger partial charge is 0.497 e. The molecule has 4 aromatic rings. The van der Waals surface area contributed by atoms with Crippen molar-refractivity contribution in [1.82, 2.24) is 25.2 Å². The van der Waals surface area contributed by atoms with Crippen LogP contribution in [0.25, 0.3) is 33.3 Å². The molecule has 0 bridgehead atoms. The van der Waals surface area contributed by atoms with Gasteiger partial charge in [-0.1, -0.05) is 37.1 Å². The first-order chi connectivity index (χ1) is 27.9. The van der Waals surface area contributed by atoms with Crippen molar-refractivity contribution in [3.8, 4) is 22.8 Å². The van der Waals surface area contributed by atoms with Crippen molar-refractivity contribution in [3.63, 3.8) is 0 Å². The Bertz CT molecular complexity index is 2430. The van der Waals surface area contributed by atoms with Crippen LogP contribution in [0.4, 0.5) is 9.18 Å². The number of rotatable bonds is 8. The van der Waals surface area contributed by atoms with Crippen LogP contribution in [-0.4, -0.2) is 91.9 Å². The van der Waals surface area contributed by atoms with E-state index >= 15 is 4.39 Å². The fraction of sp³-hybridized carbons (Fsp3) is 0.439. The molecule has 4 heterocycles. The highest BCUT2D eigenvalue weighted by Gasteiger charge is 2.62. The first-order valence-electron chi connectivity index (χ1n) is 19.4. The van der Waals surface area contributed by atoms with Gasteiger partial charge in [0.1, 0.15) is 46.4 Å². The predicted molar refractivity (Wildman–Crippen MR) is 209 cm³/mol. The minimum absolute atomic E-state index is 0.0615. The van der Waals surface area contributed by atoms with Crippen LogP contribution >= 0.6 is 0 Å². The number of nitrogens with one attached hydrogen (secondary N) is 3. The Morgan fingerprint density at radius 2 is 1.86 bits per heavy atom. The van der Waals surface area contributed by atoms with E-state index in [2.05, 4.69) is 15.4 Å². The monoisotopic (exact) mass is 817 g/mol. The molecule has 1 saturated heterocycles. The summed E-state index contributed by atoms with van der Waals surface area (Å²) in [6.07, 6.45) is 6.07. The number of halogens is 1. The summed E-state index contributed by atoms with van der Waals surface area (Å²) in [5.41, 5.74) is -0.0304. The van der Waals surface area contributed by atoms with E-state index in [1.807, 2.05) is 12.2 Å². The second-order valence-corrected chi connectivity index (χ2v) is 17.3. The molecule has 2 saturated carbocycles. The lowest BCUT2D eigenvalue weighted by Crippen LogP contribution is -2.58. The number of alkyl carbamates (subject to hydrolysis) is 1. The van der Waals surface area contributed by atoms with E-state index in [9.17, 15) is 27.6 Å². The lowest BCUT2D eigenvalue weighted by atomic mass is 10.1. The SMILES string of the molecule is COC(=O)N[C@H]1CCCCCC=C[C@@H]2C[C@@]2(C(=O)NS(=O)(=O)C2CC2)NC(=O)[C@@H]2C[C@@H](Oc3cc(-c4ccccc4F)nc4c3oc3ccc(OC)cc34)CN2C1=O. The normalized spacial score (nSPS) is 25.2. The number of nitrogens with zero attached hydrogens (tertiary/aromatic N) is 2. The van der Waals surface area contributed by atoms with Gasteiger partial charge in [-0.2, -0.15) is 0 Å². The van der Waals surface area contributed by atoms with Crippen molar-refractivity contribution in [2.45, 2.75) is 86.8 Å². The van der Waals surface area contributed by atoms with E-state index in [1.165, 1.54) is 25.2 Å². The number of ether oxygens (including phenoxy) is 3. The third-order valence-corrected chi connectivity index (χ3v) is 13.2. The second kappa shape index (κ2) is 15.6. The fourth-order valence-electron chi connectivity index (χ4n) is 7.93. The average molecular weight is 818 g/mol. The third kappa shape index (κ3) is 7.66. The van der Waals surface area contributed by atoms with Crippen molar-refractivity contribution in [2.75, 3.05) is 20.8 Å². The number of carbonyl (C=O) groups excluding carboxylic acids is 4. The number of amides is 4. The Morgan fingerprint density at radius 3 is 2.62 bits per heavy atom. The number of aromatic nitrogens is 1. The summed E-state index contributed by atoms with van der Waals surface area (Å²) in [5, 5.41) is 5.40. The van der Waals surface area contributed by atoms with Crippen LogP contribution < -0.4 is 24.8 Å². The molecule has 58 heavy (non-hydrogen) atoms. The predicted octanol–water partition coefficient (Wildman–Crippen LogP) is 4.87. The number of hydrogen-bond acceptors (Lipinski definition) is 11. The number of methoxy groups -OCH3 is 2. The number of carbonyl (C=O) groups is 4. The Kier molecular flexibility index (Phi) is 10.5. The van der Waals surface area contributed by atoms with E-state index < -0.39 is 74.5 Å². The Hall–Kier alpha value is -5.71. The Labute approximate surface area is 333 Å². The zero-order chi connectivity index (χ0) is 40.8. The Morgan fingerprint density at radius 1 is 1.05 bits per heavy atom. The first kappa shape index (κ1) is 39.1. The molecule has 15 nitrogen and oxygen atoms in total. The summed E-state index contributed by atoms with van der Waals surface area (Å²) in [6.45, 7) is -0.123. The van der Waals surface area contributed by atoms with Crippen LogP contribution in [0.3, 0.4) is 0 Å². The summed E-state index contributed by atoms with van der Waals surface area (Å²) in [4.78, 5) is 61.3. The molecule has 2 aliphatic carbocycles.